The molecule has 9 nitrogen and oxygen atoms in total. The topological polar surface area (TPSA) is 119 Å². The first-order valence-electron chi connectivity index (χ1n) is 9.54. The van der Waals surface area contributed by atoms with E-state index < -0.39 is 28.3 Å². The molecule has 1 aromatic carbocycles. The molecule has 1 fully saturated rings. The van der Waals surface area contributed by atoms with Crippen molar-refractivity contribution in [2.24, 2.45) is 11.3 Å². The number of carbonyl (C=O) groups is 3. The first-order valence-corrected chi connectivity index (χ1v) is 9.54. The molecule has 2 amide bonds. The Morgan fingerprint density at radius 3 is 2.41 bits per heavy atom. The summed E-state index contributed by atoms with van der Waals surface area (Å²) in [4.78, 5) is 49.0. The Kier molecular flexibility index (Phi) is 6.94. The number of ether oxygens (including phenoxy) is 1. The maximum absolute atomic E-state index is 12.4. The van der Waals surface area contributed by atoms with Gasteiger partial charge in [-0.3, -0.25) is 24.5 Å². The SMILES string of the molecule is C[C@H](OC(=O)C1CCN(C(=O)C(C)(C)C)CC1)C(=O)Nc1cccc([N+](=O)[O-])c1. The summed E-state index contributed by atoms with van der Waals surface area (Å²) in [5.41, 5.74) is -0.364. The number of piperidine rings is 1. The van der Waals surface area contributed by atoms with Gasteiger partial charge in [-0.2, -0.15) is 0 Å². The minimum absolute atomic E-state index is 0.0500. The van der Waals surface area contributed by atoms with Crippen LogP contribution in [0.4, 0.5) is 11.4 Å². The molecule has 0 unspecified atom stereocenters. The fraction of sp³-hybridized carbons (Fsp3) is 0.550. The number of hydrogen-bond donors (Lipinski definition) is 1. The highest BCUT2D eigenvalue weighted by molar-refractivity contribution is 5.95. The number of hydrogen-bond acceptors (Lipinski definition) is 6. The van der Waals surface area contributed by atoms with E-state index in [-0.39, 0.29) is 23.2 Å². The summed E-state index contributed by atoms with van der Waals surface area (Å²) in [7, 11) is 0. The molecule has 0 radical (unpaired) electrons. The predicted molar refractivity (Wildman–Crippen MR) is 106 cm³/mol. The minimum atomic E-state index is -1.05. The summed E-state index contributed by atoms with van der Waals surface area (Å²) >= 11 is 0. The van der Waals surface area contributed by atoms with Gasteiger partial charge in [0.05, 0.1) is 10.8 Å². The number of rotatable bonds is 5. The van der Waals surface area contributed by atoms with Crippen molar-refractivity contribution < 1.29 is 24.0 Å². The third-order valence-corrected chi connectivity index (χ3v) is 4.74. The highest BCUT2D eigenvalue weighted by atomic mass is 16.6. The number of nitro benzene ring substituents is 1. The van der Waals surface area contributed by atoms with Crippen molar-refractivity contribution in [2.45, 2.75) is 46.6 Å². The largest absolute Gasteiger partial charge is 0.452 e. The van der Waals surface area contributed by atoms with Crippen molar-refractivity contribution >= 4 is 29.2 Å². The quantitative estimate of drug-likeness (QED) is 0.457. The van der Waals surface area contributed by atoms with E-state index in [1.54, 1.807) is 4.90 Å². The molecule has 0 saturated carbocycles. The molecule has 0 bridgehead atoms. The number of carbonyl (C=O) groups excluding carboxylic acids is 3. The summed E-state index contributed by atoms with van der Waals surface area (Å²) in [5, 5.41) is 13.3. The molecule has 29 heavy (non-hydrogen) atoms. The third kappa shape index (κ3) is 6.00. The number of anilines is 1. The summed E-state index contributed by atoms with van der Waals surface area (Å²) in [5.74, 6) is -1.37. The van der Waals surface area contributed by atoms with Crippen LogP contribution >= 0.6 is 0 Å². The fourth-order valence-electron chi connectivity index (χ4n) is 3.06. The number of non-ortho nitro benzene ring substituents is 1. The molecule has 0 aromatic heterocycles. The highest BCUT2D eigenvalue weighted by Gasteiger charge is 2.34. The Hall–Kier alpha value is -2.97. The predicted octanol–water partition coefficient (Wildman–Crippen LogP) is 2.75. The maximum Gasteiger partial charge on any atom is 0.309 e. The van der Waals surface area contributed by atoms with Crippen molar-refractivity contribution in [1.29, 1.82) is 0 Å². The van der Waals surface area contributed by atoms with Crippen molar-refractivity contribution in [3.8, 4) is 0 Å². The van der Waals surface area contributed by atoms with Crippen molar-refractivity contribution in [2.75, 3.05) is 18.4 Å². The lowest BCUT2D eigenvalue weighted by molar-refractivity contribution is -0.384. The van der Waals surface area contributed by atoms with Crippen LogP contribution in [0.15, 0.2) is 24.3 Å². The Balaban J connectivity index is 1.86. The molecule has 0 spiro atoms. The highest BCUT2D eigenvalue weighted by Crippen LogP contribution is 2.25. The molecule has 2 rings (SSSR count). The minimum Gasteiger partial charge on any atom is -0.452 e. The average Bonchev–Trinajstić information content (AvgIpc) is 2.66. The fourth-order valence-corrected chi connectivity index (χ4v) is 3.06. The van der Waals surface area contributed by atoms with E-state index in [0.717, 1.165) is 0 Å². The summed E-state index contributed by atoms with van der Waals surface area (Å²) in [6, 6.07) is 5.52. The maximum atomic E-state index is 12.4. The second-order valence-corrected chi connectivity index (χ2v) is 8.19. The number of nitro groups is 1. The van der Waals surface area contributed by atoms with Crippen LogP contribution in [0.1, 0.15) is 40.5 Å². The van der Waals surface area contributed by atoms with Crippen LogP contribution < -0.4 is 5.32 Å². The molecule has 1 atom stereocenters. The monoisotopic (exact) mass is 405 g/mol. The third-order valence-electron chi connectivity index (χ3n) is 4.74. The van der Waals surface area contributed by atoms with Gasteiger partial charge in [0.1, 0.15) is 0 Å². The second-order valence-electron chi connectivity index (χ2n) is 8.19. The van der Waals surface area contributed by atoms with E-state index >= 15 is 0 Å². The van der Waals surface area contributed by atoms with E-state index in [4.69, 9.17) is 4.74 Å². The number of likely N-dealkylation sites (tertiary alicyclic amines) is 1. The molecule has 1 aliphatic rings. The Morgan fingerprint density at radius 1 is 1.24 bits per heavy atom. The Morgan fingerprint density at radius 2 is 1.86 bits per heavy atom. The number of amides is 2. The smallest absolute Gasteiger partial charge is 0.309 e. The van der Waals surface area contributed by atoms with Crippen LogP contribution in [0, 0.1) is 21.4 Å². The van der Waals surface area contributed by atoms with E-state index in [1.165, 1.54) is 31.2 Å². The van der Waals surface area contributed by atoms with Crippen LogP contribution in [0.25, 0.3) is 0 Å². The molecular formula is C20H27N3O6. The van der Waals surface area contributed by atoms with Crippen LogP contribution in [0.2, 0.25) is 0 Å². The van der Waals surface area contributed by atoms with Gasteiger partial charge in [-0.25, -0.2) is 0 Å². The molecule has 0 aliphatic carbocycles. The van der Waals surface area contributed by atoms with Gasteiger partial charge >= 0.3 is 5.97 Å². The van der Waals surface area contributed by atoms with Gasteiger partial charge in [0.25, 0.3) is 11.6 Å². The normalized spacial score (nSPS) is 16.1. The summed E-state index contributed by atoms with van der Waals surface area (Å²) < 4.78 is 5.28. The Labute approximate surface area is 169 Å². The van der Waals surface area contributed by atoms with Gasteiger partial charge in [-0.1, -0.05) is 26.8 Å². The van der Waals surface area contributed by atoms with Crippen molar-refractivity contribution in [3.05, 3.63) is 34.4 Å². The summed E-state index contributed by atoms with van der Waals surface area (Å²) in [6.07, 6.45) is -0.0734. The van der Waals surface area contributed by atoms with Crippen LogP contribution in [-0.4, -0.2) is 46.8 Å². The average molecular weight is 405 g/mol. The first kappa shape index (κ1) is 22.3. The van der Waals surface area contributed by atoms with Crippen molar-refractivity contribution in [3.63, 3.8) is 0 Å². The van der Waals surface area contributed by atoms with E-state index in [1.807, 2.05) is 20.8 Å². The van der Waals surface area contributed by atoms with Gasteiger partial charge in [0.15, 0.2) is 6.10 Å². The van der Waals surface area contributed by atoms with Crippen LogP contribution in [-0.2, 0) is 19.1 Å². The molecule has 1 aliphatic heterocycles. The molecule has 9 heteroatoms. The van der Waals surface area contributed by atoms with Gasteiger partial charge in [0.2, 0.25) is 5.91 Å². The number of benzene rings is 1. The standard InChI is InChI=1S/C20H27N3O6/c1-13(17(24)21-15-6-5-7-16(12-15)23(27)28)29-18(25)14-8-10-22(11-9-14)19(26)20(2,3)4/h5-7,12-14H,8-11H2,1-4H3,(H,21,24)/t13-/m0/s1. The first-order chi connectivity index (χ1) is 13.5. The zero-order valence-electron chi connectivity index (χ0n) is 17.1. The Bertz CT molecular complexity index is 794. The number of nitrogens with zero attached hydrogens (tertiary/aromatic N) is 2. The van der Waals surface area contributed by atoms with Gasteiger partial charge in [-0.05, 0) is 25.8 Å². The lowest BCUT2D eigenvalue weighted by Gasteiger charge is -2.35. The van der Waals surface area contributed by atoms with Crippen LogP contribution in [0.3, 0.4) is 0 Å². The zero-order chi connectivity index (χ0) is 21.8. The molecular weight excluding hydrogens is 378 g/mol. The molecule has 1 saturated heterocycles. The van der Waals surface area contributed by atoms with E-state index in [0.29, 0.717) is 25.9 Å². The molecule has 1 N–H and O–H groups in total. The summed E-state index contributed by atoms with van der Waals surface area (Å²) in [6.45, 7) is 7.98. The van der Waals surface area contributed by atoms with Gasteiger partial charge < -0.3 is 15.0 Å². The van der Waals surface area contributed by atoms with Crippen LogP contribution in [0.5, 0.6) is 0 Å². The molecule has 1 heterocycles. The zero-order valence-corrected chi connectivity index (χ0v) is 17.1. The lowest BCUT2D eigenvalue weighted by atomic mass is 9.91. The van der Waals surface area contributed by atoms with E-state index in [9.17, 15) is 24.5 Å². The lowest BCUT2D eigenvalue weighted by Crippen LogP contribution is -2.45. The van der Waals surface area contributed by atoms with Gasteiger partial charge in [0, 0.05) is 36.3 Å². The van der Waals surface area contributed by atoms with E-state index in [2.05, 4.69) is 5.32 Å². The van der Waals surface area contributed by atoms with Gasteiger partial charge in [-0.15, -0.1) is 0 Å². The number of nitrogens with one attached hydrogen (secondary N) is 1. The number of esters is 1. The molecule has 1 aromatic rings. The molecule has 158 valence electrons. The second kappa shape index (κ2) is 9.02. The van der Waals surface area contributed by atoms with Crippen molar-refractivity contribution in [1.82, 2.24) is 4.90 Å².